The lowest BCUT2D eigenvalue weighted by molar-refractivity contribution is 0.418. The summed E-state index contributed by atoms with van der Waals surface area (Å²) in [6.45, 7) is 8.91. The van der Waals surface area contributed by atoms with Gasteiger partial charge in [-0.05, 0) is 142 Å². The van der Waals surface area contributed by atoms with E-state index >= 15 is 0 Å². The average molecular weight is 840 g/mol. The Morgan fingerprint density at radius 1 is 0.585 bits per heavy atom. The maximum Gasteiger partial charge on any atom is 0.252 e. The number of hydrogen-bond acceptors (Lipinski definition) is 3. The van der Waals surface area contributed by atoms with E-state index in [1.165, 1.54) is 71.0 Å². The van der Waals surface area contributed by atoms with Crippen LogP contribution in [0.5, 0.6) is 23.0 Å². The number of nitrogens with zero attached hydrogens (tertiary/aromatic N) is 1. The Morgan fingerprint density at radius 3 is 2.06 bits per heavy atom. The van der Waals surface area contributed by atoms with Crippen molar-refractivity contribution in [3.8, 4) is 34.1 Å². The fourth-order valence-corrected chi connectivity index (χ4v) is 11.5. The largest absolute Gasteiger partial charge is 0.458 e. The van der Waals surface area contributed by atoms with Gasteiger partial charge in [0.15, 0.2) is 0 Å². The molecule has 1 atom stereocenters. The van der Waals surface area contributed by atoms with Crippen molar-refractivity contribution in [2.45, 2.75) is 58.3 Å². The monoisotopic (exact) mass is 839 g/mol. The summed E-state index contributed by atoms with van der Waals surface area (Å²) in [6.07, 6.45) is 14.9. The third-order valence-corrected chi connectivity index (χ3v) is 14.6. The van der Waals surface area contributed by atoms with Gasteiger partial charge >= 0.3 is 0 Å². The Morgan fingerprint density at radius 2 is 1.25 bits per heavy atom. The van der Waals surface area contributed by atoms with E-state index in [9.17, 15) is 0 Å². The summed E-state index contributed by atoms with van der Waals surface area (Å²) in [5.74, 6) is 3.82. The van der Waals surface area contributed by atoms with Crippen LogP contribution in [0, 0.1) is 0 Å². The number of fused-ring (bicyclic) bond motifs is 11. The van der Waals surface area contributed by atoms with E-state index in [1.54, 1.807) is 0 Å². The molecule has 0 N–H and O–H groups in total. The van der Waals surface area contributed by atoms with Crippen LogP contribution in [0.3, 0.4) is 0 Å². The minimum Gasteiger partial charge on any atom is -0.458 e. The second-order valence-electron chi connectivity index (χ2n) is 18.5. The number of hydrogen-bond donors (Lipinski definition) is 0. The summed E-state index contributed by atoms with van der Waals surface area (Å²) in [7, 11) is 0. The average Bonchev–Trinajstić information content (AvgIpc) is 3.50. The third-order valence-electron chi connectivity index (χ3n) is 14.6. The van der Waals surface area contributed by atoms with E-state index in [0.29, 0.717) is 0 Å². The molecule has 0 saturated heterocycles. The predicted octanol–water partition coefficient (Wildman–Crippen LogP) is 12.5. The molecule has 0 aromatic heterocycles. The predicted molar refractivity (Wildman–Crippen MR) is 273 cm³/mol. The van der Waals surface area contributed by atoms with E-state index in [1.807, 2.05) is 0 Å². The molecular weight excluding hydrogens is 789 g/mol. The molecule has 0 spiro atoms. The third kappa shape index (κ3) is 6.26. The highest BCUT2D eigenvalue weighted by molar-refractivity contribution is 6.99. The standard InChI is InChI=1S/C61H50BNO2/c1-5-17-39(6-2)50-38-51-47-22-11-10-20-45(47)46-21-12-13-23-48(46)59(51)62-54-34-32-44(37-58(54)65-57-27-16-24-49(50)60(57)62)63(42-30-28-41(29-31-42)40-18-8-7-9-19-40)43-33-35-56-53(36-43)61(3,4)52-25-14-15-26-55(52)64-56/h5-9,12-37,50H,10-11,38H2,1-4H3/b17-5-,39-6+. The van der Waals surface area contributed by atoms with Crippen molar-refractivity contribution in [3.05, 3.63) is 214 Å². The number of anilines is 3. The molecular formula is C61H50BNO2. The molecule has 3 heterocycles. The normalized spacial score (nSPS) is 16.3. The van der Waals surface area contributed by atoms with Crippen LogP contribution in [0.4, 0.5) is 17.1 Å². The molecule has 1 unspecified atom stereocenters. The highest BCUT2D eigenvalue weighted by Gasteiger charge is 2.42. The first-order chi connectivity index (χ1) is 31.9. The molecule has 1 aliphatic carbocycles. The summed E-state index contributed by atoms with van der Waals surface area (Å²) in [5, 5.41) is 5.48. The number of allylic oxidation sites excluding steroid dienone is 4. The quantitative estimate of drug-likeness (QED) is 0.123. The zero-order chi connectivity index (χ0) is 43.8. The molecule has 3 aliphatic heterocycles. The maximum absolute atomic E-state index is 7.25. The summed E-state index contributed by atoms with van der Waals surface area (Å²) in [4.78, 5) is 2.38. The highest BCUT2D eigenvalue weighted by Crippen LogP contribution is 2.50. The van der Waals surface area contributed by atoms with E-state index < -0.39 is 0 Å². The first-order valence-electron chi connectivity index (χ1n) is 23.3. The highest BCUT2D eigenvalue weighted by atomic mass is 16.5. The van der Waals surface area contributed by atoms with E-state index in [0.717, 1.165) is 64.9 Å². The van der Waals surface area contributed by atoms with Gasteiger partial charge in [0.1, 0.15) is 23.0 Å². The molecule has 8 aromatic rings. The number of benzene rings is 8. The molecule has 0 saturated carbocycles. The van der Waals surface area contributed by atoms with Crippen LogP contribution in [-0.4, -0.2) is 6.71 Å². The molecule has 0 amide bonds. The summed E-state index contributed by atoms with van der Waals surface area (Å²) >= 11 is 0. The van der Waals surface area contributed by atoms with Crippen LogP contribution < -0.4 is 41.2 Å². The summed E-state index contributed by atoms with van der Waals surface area (Å²) in [5.41, 5.74) is 15.6. The fraction of sp³-hybridized carbons (Fsp3) is 0.148. The number of para-hydroxylation sites is 1. The molecule has 0 radical (unpaired) electrons. The van der Waals surface area contributed by atoms with Crippen LogP contribution in [0.1, 0.15) is 68.7 Å². The van der Waals surface area contributed by atoms with Crippen molar-refractivity contribution in [1.82, 2.24) is 0 Å². The van der Waals surface area contributed by atoms with Gasteiger partial charge in [-0.15, -0.1) is 0 Å². The summed E-state index contributed by atoms with van der Waals surface area (Å²) < 4.78 is 13.8. The molecule has 12 rings (SSSR count). The minimum atomic E-state index is -0.273. The van der Waals surface area contributed by atoms with Crippen molar-refractivity contribution >= 4 is 63.1 Å². The Bertz CT molecular complexity index is 3420. The lowest BCUT2D eigenvalue weighted by Crippen LogP contribution is -2.58. The maximum atomic E-state index is 7.25. The van der Waals surface area contributed by atoms with Crippen LogP contribution in [0.2, 0.25) is 0 Å². The molecule has 65 heavy (non-hydrogen) atoms. The van der Waals surface area contributed by atoms with E-state index in [2.05, 4.69) is 221 Å². The van der Waals surface area contributed by atoms with Crippen LogP contribution >= 0.6 is 0 Å². The SMILES string of the molecule is C/C=C\C(=C/C)C1Cc2c(c3ccccc3c3c2=CCCC=3)B2c3ccc(N(c4ccc(-c5ccccc5)cc4)c4ccc5c(c4)C(C)(C)c4ccccc4O5)cc3Oc3cccc1c32. The fourth-order valence-electron chi connectivity index (χ4n) is 11.5. The van der Waals surface area contributed by atoms with Gasteiger partial charge in [0.25, 0.3) is 6.71 Å². The number of ether oxygens (including phenoxy) is 2. The topological polar surface area (TPSA) is 21.7 Å². The molecule has 314 valence electrons. The van der Waals surface area contributed by atoms with Crippen LogP contribution in [0.15, 0.2) is 182 Å². The lowest BCUT2D eigenvalue weighted by Gasteiger charge is -2.36. The van der Waals surface area contributed by atoms with Gasteiger partial charge < -0.3 is 14.4 Å². The molecule has 4 heteroatoms. The Balaban J connectivity index is 1.07. The first kappa shape index (κ1) is 39.3. The molecule has 0 bridgehead atoms. The van der Waals surface area contributed by atoms with Crippen molar-refractivity contribution in [2.24, 2.45) is 0 Å². The molecule has 3 nitrogen and oxygen atoms in total. The van der Waals surface area contributed by atoms with Gasteiger partial charge in [-0.2, -0.15) is 0 Å². The smallest absolute Gasteiger partial charge is 0.252 e. The van der Waals surface area contributed by atoms with E-state index in [4.69, 9.17) is 9.47 Å². The van der Waals surface area contributed by atoms with Gasteiger partial charge in [-0.25, -0.2) is 0 Å². The first-order valence-corrected chi connectivity index (χ1v) is 23.3. The summed E-state index contributed by atoms with van der Waals surface area (Å²) in [6, 6.07) is 57.5. The lowest BCUT2D eigenvalue weighted by atomic mass is 9.34. The zero-order valence-electron chi connectivity index (χ0n) is 37.4. The molecule has 4 aliphatic rings. The zero-order valence-corrected chi connectivity index (χ0v) is 37.4. The molecule has 8 aromatic carbocycles. The van der Waals surface area contributed by atoms with Crippen LogP contribution in [-0.2, 0) is 11.8 Å². The van der Waals surface area contributed by atoms with Crippen molar-refractivity contribution in [1.29, 1.82) is 0 Å². The van der Waals surface area contributed by atoms with Crippen molar-refractivity contribution in [2.75, 3.05) is 4.90 Å². The van der Waals surface area contributed by atoms with Gasteiger partial charge in [0.2, 0.25) is 0 Å². The number of rotatable bonds is 6. The second kappa shape index (κ2) is 15.5. The van der Waals surface area contributed by atoms with E-state index in [-0.39, 0.29) is 18.0 Å². The Labute approximate surface area is 382 Å². The van der Waals surface area contributed by atoms with Gasteiger partial charge in [0, 0.05) is 45.6 Å². The molecule has 0 fully saturated rings. The van der Waals surface area contributed by atoms with Gasteiger partial charge in [0.05, 0.1) is 0 Å². The Hall–Kier alpha value is -7.30. The van der Waals surface area contributed by atoms with Crippen molar-refractivity contribution < 1.29 is 9.47 Å². The van der Waals surface area contributed by atoms with Gasteiger partial charge in [-0.1, -0.05) is 153 Å². The second-order valence-corrected chi connectivity index (χ2v) is 18.5. The van der Waals surface area contributed by atoms with Crippen LogP contribution in [0.25, 0.3) is 34.1 Å². The van der Waals surface area contributed by atoms with Crippen molar-refractivity contribution in [3.63, 3.8) is 0 Å². The van der Waals surface area contributed by atoms with Gasteiger partial charge in [-0.3, -0.25) is 0 Å². The Kier molecular flexibility index (Phi) is 9.35. The minimum absolute atomic E-state index is 0.0198.